The highest BCUT2D eigenvalue weighted by molar-refractivity contribution is 14.0. The molecule has 1 aromatic rings. The molecule has 1 saturated heterocycles. The lowest BCUT2D eigenvalue weighted by Crippen LogP contribution is -2.38. The molecule has 1 atom stereocenters. The van der Waals surface area contributed by atoms with Crippen LogP contribution in [0.5, 0.6) is 0 Å². The van der Waals surface area contributed by atoms with E-state index < -0.39 is 0 Å². The second kappa shape index (κ2) is 16.8. The summed E-state index contributed by atoms with van der Waals surface area (Å²) in [5.74, 6) is 1.82. The number of unbranched alkanes of at least 4 members (excludes halogenated alkanes) is 1. The van der Waals surface area contributed by atoms with Crippen LogP contribution in [0, 0.1) is 0 Å². The van der Waals surface area contributed by atoms with Gasteiger partial charge in [0.25, 0.3) is 0 Å². The highest BCUT2D eigenvalue weighted by atomic mass is 127. The summed E-state index contributed by atoms with van der Waals surface area (Å²) in [6.07, 6.45) is 7.49. The Morgan fingerprint density at radius 3 is 2.89 bits per heavy atom. The van der Waals surface area contributed by atoms with Crippen LogP contribution in [0.1, 0.15) is 39.0 Å². The first kappa shape index (κ1) is 24.9. The van der Waals surface area contributed by atoms with E-state index in [0.717, 1.165) is 83.3 Å². The van der Waals surface area contributed by atoms with Crippen molar-refractivity contribution in [2.24, 2.45) is 4.99 Å². The average molecular weight is 505 g/mol. The van der Waals surface area contributed by atoms with Crippen LogP contribution in [0.15, 0.2) is 29.4 Å². The molecular weight excluding hydrogens is 469 g/mol. The van der Waals surface area contributed by atoms with Crippen molar-refractivity contribution in [1.82, 2.24) is 15.6 Å². The van der Waals surface area contributed by atoms with Gasteiger partial charge in [0, 0.05) is 45.6 Å². The lowest BCUT2D eigenvalue weighted by Gasteiger charge is -2.12. The minimum absolute atomic E-state index is 0. The van der Waals surface area contributed by atoms with Gasteiger partial charge in [-0.15, -0.1) is 24.0 Å². The molecule has 1 fully saturated rings. The highest BCUT2D eigenvalue weighted by Crippen LogP contribution is 2.11. The quantitative estimate of drug-likeness (QED) is 0.166. The molecular formula is C20H36IN5O2. The summed E-state index contributed by atoms with van der Waals surface area (Å²) in [6.45, 7) is 7.88. The summed E-state index contributed by atoms with van der Waals surface area (Å²) in [5.41, 5.74) is 0. The molecule has 0 amide bonds. The van der Waals surface area contributed by atoms with E-state index in [1.165, 1.54) is 0 Å². The minimum atomic E-state index is 0. The summed E-state index contributed by atoms with van der Waals surface area (Å²) < 4.78 is 11.2. The maximum Gasteiger partial charge on any atom is 0.191 e. The highest BCUT2D eigenvalue weighted by Gasteiger charge is 2.14. The second-order valence-corrected chi connectivity index (χ2v) is 6.60. The van der Waals surface area contributed by atoms with Gasteiger partial charge >= 0.3 is 0 Å². The largest absolute Gasteiger partial charge is 0.379 e. The van der Waals surface area contributed by atoms with Gasteiger partial charge in [0.15, 0.2) is 5.96 Å². The molecule has 1 aliphatic heterocycles. The number of anilines is 1. The van der Waals surface area contributed by atoms with E-state index in [1.54, 1.807) is 6.20 Å². The first-order valence-corrected chi connectivity index (χ1v) is 10.2. The van der Waals surface area contributed by atoms with E-state index in [4.69, 9.17) is 9.47 Å². The summed E-state index contributed by atoms with van der Waals surface area (Å²) in [4.78, 5) is 8.86. The molecule has 1 aromatic heterocycles. The number of hydrogen-bond donors (Lipinski definition) is 3. The summed E-state index contributed by atoms with van der Waals surface area (Å²) in [6, 6.07) is 5.90. The Morgan fingerprint density at radius 2 is 2.14 bits per heavy atom. The maximum absolute atomic E-state index is 5.67. The normalized spacial score (nSPS) is 16.5. The molecule has 0 bridgehead atoms. The number of halogens is 1. The lowest BCUT2D eigenvalue weighted by molar-refractivity contribution is 0.0171. The Morgan fingerprint density at radius 1 is 1.25 bits per heavy atom. The van der Waals surface area contributed by atoms with Gasteiger partial charge in [-0.25, -0.2) is 4.98 Å². The van der Waals surface area contributed by atoms with Gasteiger partial charge in [0.2, 0.25) is 0 Å². The van der Waals surface area contributed by atoms with Crippen molar-refractivity contribution in [1.29, 1.82) is 0 Å². The predicted molar refractivity (Wildman–Crippen MR) is 126 cm³/mol. The van der Waals surface area contributed by atoms with Crippen LogP contribution in [0.4, 0.5) is 5.82 Å². The number of ether oxygens (including phenoxy) is 2. The third-order valence-electron chi connectivity index (χ3n) is 4.26. The molecule has 0 aliphatic carbocycles. The number of nitrogens with one attached hydrogen (secondary N) is 3. The molecule has 8 heteroatoms. The summed E-state index contributed by atoms with van der Waals surface area (Å²) in [5, 5.41) is 10.0. The number of hydrogen-bond acceptors (Lipinski definition) is 5. The van der Waals surface area contributed by atoms with Crippen molar-refractivity contribution in [3.8, 4) is 0 Å². The van der Waals surface area contributed by atoms with E-state index in [2.05, 4.69) is 32.9 Å². The number of aromatic nitrogens is 1. The van der Waals surface area contributed by atoms with Crippen molar-refractivity contribution < 1.29 is 9.47 Å². The molecule has 2 heterocycles. The van der Waals surface area contributed by atoms with Crippen LogP contribution >= 0.6 is 24.0 Å². The Labute approximate surface area is 186 Å². The fourth-order valence-corrected chi connectivity index (χ4v) is 2.83. The SMILES string of the molecule is CCNC(=NCCCOCC1CCCO1)NCCCCNc1ccccn1.I. The summed E-state index contributed by atoms with van der Waals surface area (Å²) in [7, 11) is 0. The van der Waals surface area contributed by atoms with Crippen molar-refractivity contribution >= 4 is 35.8 Å². The van der Waals surface area contributed by atoms with Gasteiger partial charge in [0.05, 0.1) is 12.7 Å². The van der Waals surface area contributed by atoms with Crippen molar-refractivity contribution in [2.75, 3.05) is 51.3 Å². The smallest absolute Gasteiger partial charge is 0.191 e. The minimum Gasteiger partial charge on any atom is -0.379 e. The molecule has 0 spiro atoms. The number of aliphatic imine (C=N–C) groups is 1. The van der Waals surface area contributed by atoms with Gasteiger partial charge in [-0.3, -0.25) is 4.99 Å². The molecule has 1 aliphatic rings. The third kappa shape index (κ3) is 11.7. The first-order valence-electron chi connectivity index (χ1n) is 10.2. The molecule has 160 valence electrons. The predicted octanol–water partition coefficient (Wildman–Crippen LogP) is 3.03. The van der Waals surface area contributed by atoms with E-state index in [0.29, 0.717) is 12.7 Å². The summed E-state index contributed by atoms with van der Waals surface area (Å²) >= 11 is 0. The van der Waals surface area contributed by atoms with E-state index >= 15 is 0 Å². The zero-order valence-electron chi connectivity index (χ0n) is 17.0. The molecule has 0 saturated carbocycles. The van der Waals surface area contributed by atoms with Crippen LogP contribution in [0.2, 0.25) is 0 Å². The van der Waals surface area contributed by atoms with Gasteiger partial charge < -0.3 is 25.4 Å². The fourth-order valence-electron chi connectivity index (χ4n) is 2.83. The van der Waals surface area contributed by atoms with Gasteiger partial charge in [-0.1, -0.05) is 6.07 Å². The van der Waals surface area contributed by atoms with Crippen LogP contribution in [0.3, 0.4) is 0 Å². The number of pyridine rings is 1. The fraction of sp³-hybridized carbons (Fsp3) is 0.700. The van der Waals surface area contributed by atoms with Crippen LogP contribution < -0.4 is 16.0 Å². The van der Waals surface area contributed by atoms with Crippen LogP contribution in [-0.4, -0.2) is 63.0 Å². The molecule has 3 N–H and O–H groups in total. The van der Waals surface area contributed by atoms with Crippen LogP contribution in [0.25, 0.3) is 0 Å². The standard InChI is InChI=1S/C20H35N5O2.HI/c1-2-21-20(25-14-8-15-26-17-18-9-7-16-27-18)24-13-6-5-12-23-19-10-3-4-11-22-19;/h3-4,10-11,18H,2,5-9,12-17H2,1H3,(H,22,23)(H2,21,24,25);1H. The maximum atomic E-state index is 5.67. The second-order valence-electron chi connectivity index (χ2n) is 6.60. The van der Waals surface area contributed by atoms with E-state index in [-0.39, 0.29) is 24.0 Å². The Kier molecular flexibility index (Phi) is 14.9. The van der Waals surface area contributed by atoms with Crippen molar-refractivity contribution in [2.45, 2.75) is 45.1 Å². The van der Waals surface area contributed by atoms with Crippen LogP contribution in [-0.2, 0) is 9.47 Å². The number of rotatable bonds is 13. The van der Waals surface area contributed by atoms with Gasteiger partial charge in [-0.2, -0.15) is 0 Å². The molecule has 0 radical (unpaired) electrons. The molecule has 1 unspecified atom stereocenters. The van der Waals surface area contributed by atoms with Gasteiger partial charge in [0.1, 0.15) is 5.82 Å². The Bertz CT molecular complexity index is 513. The van der Waals surface area contributed by atoms with E-state index in [1.807, 2.05) is 18.2 Å². The van der Waals surface area contributed by atoms with Crippen molar-refractivity contribution in [3.05, 3.63) is 24.4 Å². The monoisotopic (exact) mass is 505 g/mol. The van der Waals surface area contributed by atoms with Gasteiger partial charge in [-0.05, 0) is 51.2 Å². The molecule has 28 heavy (non-hydrogen) atoms. The zero-order chi connectivity index (χ0) is 19.0. The lowest BCUT2D eigenvalue weighted by atomic mass is 10.2. The molecule has 0 aromatic carbocycles. The Hall–Kier alpha value is -1.13. The van der Waals surface area contributed by atoms with Crippen molar-refractivity contribution in [3.63, 3.8) is 0 Å². The first-order chi connectivity index (χ1) is 13.4. The average Bonchev–Trinajstić information content (AvgIpc) is 3.21. The number of guanidine groups is 1. The topological polar surface area (TPSA) is 79.8 Å². The zero-order valence-corrected chi connectivity index (χ0v) is 19.3. The molecule has 2 rings (SSSR count). The third-order valence-corrected chi connectivity index (χ3v) is 4.26. The van der Waals surface area contributed by atoms with E-state index in [9.17, 15) is 0 Å². The number of nitrogens with zero attached hydrogens (tertiary/aromatic N) is 2. The Balaban J connectivity index is 0.00000392. The molecule has 7 nitrogen and oxygen atoms in total.